The maximum atomic E-state index is 4.88. The van der Waals surface area contributed by atoms with E-state index in [2.05, 4.69) is 124 Å². The molecule has 39 heavy (non-hydrogen) atoms. The molecule has 3 nitrogen and oxygen atoms in total. The molecule has 0 saturated heterocycles. The zero-order chi connectivity index (χ0) is 25.5. The third-order valence-electron chi connectivity index (χ3n) is 7.98. The van der Waals surface area contributed by atoms with Gasteiger partial charge in [-0.1, -0.05) is 60.7 Å². The molecule has 182 valence electrons. The second-order valence-corrected chi connectivity index (χ2v) is 11.1. The average molecular weight is 516 g/mol. The molecule has 4 heteroatoms. The van der Waals surface area contributed by atoms with Crippen LogP contribution >= 0.6 is 11.3 Å². The van der Waals surface area contributed by atoms with Crippen LogP contribution in [0.1, 0.15) is 0 Å². The van der Waals surface area contributed by atoms with E-state index in [0.717, 1.165) is 22.4 Å². The van der Waals surface area contributed by atoms with E-state index in [1.54, 1.807) is 0 Å². The van der Waals surface area contributed by atoms with E-state index in [1.165, 1.54) is 52.9 Å². The summed E-state index contributed by atoms with van der Waals surface area (Å²) in [6.07, 6.45) is 1.91. The van der Waals surface area contributed by atoms with Gasteiger partial charge in [-0.2, -0.15) is 0 Å². The van der Waals surface area contributed by atoms with E-state index in [9.17, 15) is 0 Å². The summed E-state index contributed by atoms with van der Waals surface area (Å²) in [6, 6.07) is 43.7. The van der Waals surface area contributed by atoms with Gasteiger partial charge in [0, 0.05) is 53.9 Å². The van der Waals surface area contributed by atoms with Crippen molar-refractivity contribution in [3.63, 3.8) is 0 Å². The van der Waals surface area contributed by atoms with Gasteiger partial charge in [0.25, 0.3) is 0 Å². The number of fused-ring (bicyclic) bond motifs is 10. The van der Waals surface area contributed by atoms with Crippen LogP contribution in [-0.4, -0.2) is 14.1 Å². The topological polar surface area (TPSA) is 22.8 Å². The Kier molecular flexibility index (Phi) is 4.21. The molecule has 0 aliphatic carbocycles. The fourth-order valence-corrected chi connectivity index (χ4v) is 7.57. The van der Waals surface area contributed by atoms with Crippen molar-refractivity contribution < 1.29 is 0 Å². The molecule has 4 aromatic heterocycles. The van der Waals surface area contributed by atoms with Crippen LogP contribution in [0.15, 0.2) is 128 Å². The predicted molar refractivity (Wildman–Crippen MR) is 166 cm³/mol. The Morgan fingerprint density at radius 1 is 0.462 bits per heavy atom. The standard InChI is InChI=1S/C35H21N3S/c1-4-11-28-24(8-1)25-9-2-5-12-29(25)37(28)22-15-17-23(18-16-22)38-30-20-19-27-26-10-3-6-14-32(26)39-35(27)33(30)34-31(38)13-7-21-36-34/h1-21H. The zero-order valence-electron chi connectivity index (χ0n) is 20.9. The lowest BCUT2D eigenvalue weighted by Crippen LogP contribution is -1.97. The van der Waals surface area contributed by atoms with Crippen molar-refractivity contribution in [2.75, 3.05) is 0 Å². The Bertz CT molecular complexity index is 2330. The largest absolute Gasteiger partial charge is 0.309 e. The van der Waals surface area contributed by atoms with Gasteiger partial charge >= 0.3 is 0 Å². The molecule has 0 atom stereocenters. The lowest BCUT2D eigenvalue weighted by atomic mass is 10.1. The van der Waals surface area contributed by atoms with Gasteiger partial charge in [0.1, 0.15) is 0 Å². The molecular formula is C35H21N3S. The zero-order valence-corrected chi connectivity index (χ0v) is 21.7. The minimum Gasteiger partial charge on any atom is -0.309 e. The second-order valence-electron chi connectivity index (χ2n) is 10.0. The number of pyridine rings is 1. The van der Waals surface area contributed by atoms with Crippen molar-refractivity contribution in [3.8, 4) is 11.4 Å². The highest BCUT2D eigenvalue weighted by Crippen LogP contribution is 2.42. The monoisotopic (exact) mass is 515 g/mol. The molecule has 0 bridgehead atoms. The molecule has 0 spiro atoms. The van der Waals surface area contributed by atoms with Crippen molar-refractivity contribution in [2.45, 2.75) is 0 Å². The predicted octanol–water partition coefficient (Wildman–Crippen LogP) is 9.64. The summed E-state index contributed by atoms with van der Waals surface area (Å²) >= 11 is 1.86. The fraction of sp³-hybridized carbons (Fsp3) is 0. The molecule has 0 radical (unpaired) electrons. The first-order chi connectivity index (χ1) is 19.4. The summed E-state index contributed by atoms with van der Waals surface area (Å²) in [6.45, 7) is 0. The highest BCUT2D eigenvalue weighted by molar-refractivity contribution is 7.26. The van der Waals surface area contributed by atoms with Crippen LogP contribution in [0, 0.1) is 0 Å². The highest BCUT2D eigenvalue weighted by Gasteiger charge is 2.18. The van der Waals surface area contributed by atoms with Crippen molar-refractivity contribution in [1.82, 2.24) is 14.1 Å². The summed E-state index contributed by atoms with van der Waals surface area (Å²) < 4.78 is 7.34. The SMILES string of the molecule is c1ccc2c(c1)sc1c2ccc2c1c1ncccc1n2-c1ccc(-n2c3ccccc3c3ccccc32)cc1. The Labute approximate surface area is 227 Å². The summed E-state index contributed by atoms with van der Waals surface area (Å²) in [5.74, 6) is 0. The smallest absolute Gasteiger partial charge is 0.0977 e. The number of nitrogens with zero attached hydrogens (tertiary/aromatic N) is 3. The molecule has 0 aliphatic rings. The lowest BCUT2D eigenvalue weighted by Gasteiger charge is -2.11. The molecule has 0 fully saturated rings. The number of hydrogen-bond donors (Lipinski definition) is 0. The van der Waals surface area contributed by atoms with Crippen molar-refractivity contribution in [1.29, 1.82) is 0 Å². The summed E-state index contributed by atoms with van der Waals surface area (Å²) in [5.41, 5.74) is 8.10. The second kappa shape index (κ2) is 7.79. The molecule has 0 saturated carbocycles. The molecule has 0 N–H and O–H groups in total. The molecule has 0 aliphatic heterocycles. The van der Waals surface area contributed by atoms with E-state index in [4.69, 9.17) is 4.98 Å². The van der Waals surface area contributed by atoms with E-state index in [1.807, 2.05) is 23.6 Å². The van der Waals surface area contributed by atoms with Gasteiger partial charge in [-0.05, 0) is 60.7 Å². The van der Waals surface area contributed by atoms with E-state index in [0.29, 0.717) is 0 Å². The lowest BCUT2D eigenvalue weighted by molar-refractivity contribution is 1.14. The van der Waals surface area contributed by atoms with Crippen LogP contribution in [0.4, 0.5) is 0 Å². The van der Waals surface area contributed by atoms with Gasteiger partial charge < -0.3 is 9.13 Å². The molecular weight excluding hydrogens is 494 g/mol. The molecule has 4 heterocycles. The van der Waals surface area contributed by atoms with Crippen LogP contribution in [0.5, 0.6) is 0 Å². The summed E-state index contributed by atoms with van der Waals surface area (Å²) in [5, 5.41) is 6.40. The normalized spacial score (nSPS) is 12.1. The number of rotatable bonds is 2. The fourth-order valence-electron chi connectivity index (χ4n) is 6.32. The highest BCUT2D eigenvalue weighted by atomic mass is 32.1. The van der Waals surface area contributed by atoms with Crippen molar-refractivity contribution in [3.05, 3.63) is 128 Å². The van der Waals surface area contributed by atoms with Crippen LogP contribution < -0.4 is 0 Å². The molecule has 0 unspecified atom stereocenters. The van der Waals surface area contributed by atoms with E-state index >= 15 is 0 Å². The number of para-hydroxylation sites is 2. The first-order valence-electron chi connectivity index (χ1n) is 13.2. The van der Waals surface area contributed by atoms with Crippen LogP contribution in [0.3, 0.4) is 0 Å². The van der Waals surface area contributed by atoms with Crippen LogP contribution in [0.25, 0.3) is 75.3 Å². The first-order valence-corrected chi connectivity index (χ1v) is 14.0. The molecule has 0 amide bonds. The Hall–Kier alpha value is -4.93. The van der Waals surface area contributed by atoms with Crippen LogP contribution in [-0.2, 0) is 0 Å². The van der Waals surface area contributed by atoms with E-state index in [-0.39, 0.29) is 0 Å². The first kappa shape index (κ1) is 21.1. The maximum Gasteiger partial charge on any atom is 0.0977 e. The minimum absolute atomic E-state index is 1.05. The van der Waals surface area contributed by atoms with Crippen molar-refractivity contribution >= 4 is 75.3 Å². The van der Waals surface area contributed by atoms with E-state index < -0.39 is 0 Å². The third kappa shape index (κ3) is 2.84. The third-order valence-corrected chi connectivity index (χ3v) is 9.18. The van der Waals surface area contributed by atoms with Gasteiger partial charge in [-0.25, -0.2) is 0 Å². The van der Waals surface area contributed by atoms with Crippen molar-refractivity contribution in [2.24, 2.45) is 0 Å². The Morgan fingerprint density at radius 3 is 1.77 bits per heavy atom. The number of aromatic nitrogens is 3. The summed E-state index contributed by atoms with van der Waals surface area (Å²) in [4.78, 5) is 4.88. The maximum absolute atomic E-state index is 4.88. The Morgan fingerprint density at radius 2 is 1.05 bits per heavy atom. The Balaban J connectivity index is 1.30. The molecule has 5 aromatic carbocycles. The molecule has 9 rings (SSSR count). The van der Waals surface area contributed by atoms with Gasteiger partial charge in [0.2, 0.25) is 0 Å². The van der Waals surface area contributed by atoms with Gasteiger partial charge in [-0.3, -0.25) is 4.98 Å². The van der Waals surface area contributed by atoms with Crippen LogP contribution in [0.2, 0.25) is 0 Å². The van der Waals surface area contributed by atoms with Gasteiger partial charge in [0.15, 0.2) is 0 Å². The van der Waals surface area contributed by atoms with Gasteiger partial charge in [0.05, 0.1) is 27.6 Å². The quantitative estimate of drug-likeness (QED) is 0.225. The number of thiophene rings is 1. The number of hydrogen-bond acceptors (Lipinski definition) is 2. The average Bonchev–Trinajstić information content (AvgIpc) is 3.65. The molecule has 9 aromatic rings. The number of benzene rings is 5. The summed E-state index contributed by atoms with van der Waals surface area (Å²) in [7, 11) is 0. The van der Waals surface area contributed by atoms with Gasteiger partial charge in [-0.15, -0.1) is 11.3 Å². The minimum atomic E-state index is 1.05.